The average Bonchev–Trinajstić information content (AvgIpc) is 2.88. The predicted molar refractivity (Wildman–Crippen MR) is 105 cm³/mol. The van der Waals surface area contributed by atoms with Gasteiger partial charge in [-0.15, -0.1) is 0 Å². The molecule has 1 aromatic heterocycles. The first kappa shape index (κ1) is 16.5. The van der Waals surface area contributed by atoms with E-state index in [2.05, 4.69) is 53.6 Å². The molecule has 0 atom stereocenters. The number of benzene rings is 2. The quantitative estimate of drug-likeness (QED) is 0.501. The number of likely N-dealkylation sites (N-methyl/N-ethyl adjacent to an activating group) is 1. The van der Waals surface area contributed by atoms with Crippen LogP contribution in [0.5, 0.6) is 0 Å². The number of rotatable bonds is 0. The van der Waals surface area contributed by atoms with Crippen LogP contribution < -0.4 is 0 Å². The van der Waals surface area contributed by atoms with Crippen molar-refractivity contribution < 1.29 is 0 Å². The zero-order valence-corrected chi connectivity index (χ0v) is 15.7. The molecule has 0 saturated heterocycles. The maximum absolute atomic E-state index is 6.11. The van der Waals surface area contributed by atoms with Gasteiger partial charge in [-0.25, -0.2) is 0 Å². The SMILES string of the molecule is Cc1ccc2c(c1)c1c(n2C#Cc2ccc(Cl)c(Cl)c2)CN(C)CC1. The highest BCUT2D eigenvalue weighted by atomic mass is 35.5. The first-order valence-corrected chi connectivity index (χ1v) is 9.07. The minimum absolute atomic E-state index is 0.531. The van der Waals surface area contributed by atoms with Crippen LogP contribution in [0.15, 0.2) is 36.4 Å². The van der Waals surface area contributed by atoms with E-state index < -0.39 is 0 Å². The molecule has 2 heterocycles. The van der Waals surface area contributed by atoms with E-state index >= 15 is 0 Å². The van der Waals surface area contributed by atoms with Gasteiger partial charge in [0.2, 0.25) is 0 Å². The molecule has 0 radical (unpaired) electrons. The molecular formula is C21H18Cl2N2. The van der Waals surface area contributed by atoms with Crippen LogP contribution in [-0.4, -0.2) is 23.1 Å². The third kappa shape index (κ3) is 3.04. The normalized spacial score (nSPS) is 14.2. The van der Waals surface area contributed by atoms with Gasteiger partial charge in [0, 0.05) is 35.8 Å². The van der Waals surface area contributed by atoms with Crippen molar-refractivity contribution in [3.63, 3.8) is 0 Å². The molecule has 25 heavy (non-hydrogen) atoms. The zero-order chi connectivity index (χ0) is 17.6. The maximum Gasteiger partial charge on any atom is 0.0618 e. The van der Waals surface area contributed by atoms with Crippen LogP contribution in [-0.2, 0) is 13.0 Å². The second-order valence-corrected chi connectivity index (χ2v) is 7.45. The molecule has 0 aliphatic carbocycles. The molecular weight excluding hydrogens is 351 g/mol. The number of halogens is 2. The van der Waals surface area contributed by atoms with E-state index in [-0.39, 0.29) is 0 Å². The van der Waals surface area contributed by atoms with E-state index in [1.54, 1.807) is 6.07 Å². The van der Waals surface area contributed by atoms with Crippen molar-refractivity contribution in [1.29, 1.82) is 0 Å². The molecule has 3 aromatic rings. The second-order valence-electron chi connectivity index (χ2n) is 6.63. The van der Waals surface area contributed by atoms with Crippen molar-refractivity contribution in [1.82, 2.24) is 9.47 Å². The molecule has 2 aromatic carbocycles. The Balaban J connectivity index is 1.88. The number of hydrogen-bond acceptors (Lipinski definition) is 1. The van der Waals surface area contributed by atoms with Gasteiger partial charge in [0.25, 0.3) is 0 Å². The van der Waals surface area contributed by atoms with Crippen molar-refractivity contribution in [2.75, 3.05) is 13.6 Å². The maximum atomic E-state index is 6.11. The summed E-state index contributed by atoms with van der Waals surface area (Å²) in [5, 5.41) is 2.41. The summed E-state index contributed by atoms with van der Waals surface area (Å²) in [5.74, 6) is 3.24. The highest BCUT2D eigenvalue weighted by molar-refractivity contribution is 6.42. The zero-order valence-electron chi connectivity index (χ0n) is 14.2. The Labute approximate surface area is 158 Å². The predicted octanol–water partition coefficient (Wildman–Crippen LogP) is 5.10. The van der Waals surface area contributed by atoms with Crippen LogP contribution in [0.3, 0.4) is 0 Å². The lowest BCUT2D eigenvalue weighted by atomic mass is 10.0. The number of nitrogens with zero attached hydrogens (tertiary/aromatic N) is 2. The van der Waals surface area contributed by atoms with Crippen LogP contribution in [0, 0.1) is 18.9 Å². The van der Waals surface area contributed by atoms with Crippen LogP contribution in [0.1, 0.15) is 22.4 Å². The van der Waals surface area contributed by atoms with Gasteiger partial charge in [0.05, 0.1) is 15.6 Å². The summed E-state index contributed by atoms with van der Waals surface area (Å²) >= 11 is 12.1. The molecule has 0 N–H and O–H groups in total. The standard InChI is InChI=1S/C21H18Cl2N2/c1-14-3-6-20-17(11-14)16-8-9-24(2)13-21(16)25(20)10-7-15-4-5-18(22)19(23)12-15/h3-6,11-12H,8-9,13H2,1-2H3. The van der Waals surface area contributed by atoms with E-state index in [0.29, 0.717) is 10.0 Å². The molecule has 4 heteroatoms. The summed E-state index contributed by atoms with van der Waals surface area (Å²) in [4.78, 5) is 2.34. The first-order chi connectivity index (χ1) is 12.0. The Kier molecular flexibility index (Phi) is 4.25. The fourth-order valence-corrected chi connectivity index (χ4v) is 3.73. The molecule has 2 nitrogen and oxygen atoms in total. The third-order valence-corrected chi connectivity index (χ3v) is 5.47. The van der Waals surface area contributed by atoms with Crippen molar-refractivity contribution in [3.05, 3.63) is 68.8 Å². The lowest BCUT2D eigenvalue weighted by Gasteiger charge is -2.23. The van der Waals surface area contributed by atoms with Gasteiger partial charge in [-0.05, 0) is 62.2 Å². The Morgan fingerprint density at radius 2 is 1.88 bits per heavy atom. The summed E-state index contributed by atoms with van der Waals surface area (Å²) in [6.45, 7) is 4.14. The second kappa shape index (κ2) is 6.42. The molecule has 0 unspecified atom stereocenters. The van der Waals surface area contributed by atoms with Gasteiger partial charge in [-0.3, -0.25) is 4.57 Å². The van der Waals surface area contributed by atoms with E-state index in [9.17, 15) is 0 Å². The van der Waals surface area contributed by atoms with Crippen LogP contribution in [0.2, 0.25) is 10.0 Å². The lowest BCUT2D eigenvalue weighted by molar-refractivity contribution is 0.308. The minimum Gasteiger partial charge on any atom is -0.300 e. The minimum atomic E-state index is 0.531. The molecule has 0 saturated carbocycles. The largest absolute Gasteiger partial charge is 0.300 e. The van der Waals surface area contributed by atoms with Crippen LogP contribution in [0.25, 0.3) is 10.9 Å². The summed E-state index contributed by atoms with van der Waals surface area (Å²) < 4.78 is 2.14. The average molecular weight is 369 g/mol. The molecule has 0 bridgehead atoms. The Hall–Kier alpha value is -1.92. The number of aromatic nitrogens is 1. The molecule has 4 rings (SSSR count). The van der Waals surface area contributed by atoms with Gasteiger partial charge in [0.1, 0.15) is 0 Å². The fourth-order valence-electron chi connectivity index (χ4n) is 3.43. The van der Waals surface area contributed by atoms with Gasteiger partial charge in [-0.1, -0.05) is 34.8 Å². The number of aryl methyl sites for hydroxylation is 1. The summed E-state index contributed by atoms with van der Waals surface area (Å²) in [5.41, 5.74) is 6.05. The monoisotopic (exact) mass is 368 g/mol. The Bertz CT molecular complexity index is 1040. The molecule has 1 aliphatic rings. The van der Waals surface area contributed by atoms with Crippen molar-refractivity contribution >= 4 is 34.1 Å². The smallest absolute Gasteiger partial charge is 0.0618 e. The highest BCUT2D eigenvalue weighted by Gasteiger charge is 2.21. The molecule has 126 valence electrons. The van der Waals surface area contributed by atoms with E-state index in [4.69, 9.17) is 23.2 Å². The summed E-state index contributed by atoms with van der Waals surface area (Å²) in [7, 11) is 2.16. The lowest BCUT2D eigenvalue weighted by Crippen LogP contribution is -2.27. The molecule has 0 spiro atoms. The van der Waals surface area contributed by atoms with Crippen LogP contribution in [0.4, 0.5) is 0 Å². The van der Waals surface area contributed by atoms with E-state index in [1.807, 2.05) is 12.1 Å². The van der Waals surface area contributed by atoms with Gasteiger partial charge >= 0.3 is 0 Å². The summed E-state index contributed by atoms with van der Waals surface area (Å²) in [6.07, 6.45) is 1.06. The van der Waals surface area contributed by atoms with Gasteiger partial charge in [0.15, 0.2) is 0 Å². The van der Waals surface area contributed by atoms with Crippen molar-refractivity contribution in [2.24, 2.45) is 0 Å². The van der Waals surface area contributed by atoms with E-state index in [0.717, 1.165) is 25.1 Å². The van der Waals surface area contributed by atoms with Crippen molar-refractivity contribution in [3.8, 4) is 12.0 Å². The van der Waals surface area contributed by atoms with E-state index in [1.165, 1.54) is 27.7 Å². The third-order valence-electron chi connectivity index (χ3n) is 4.73. The number of hydrogen-bond donors (Lipinski definition) is 0. The Morgan fingerprint density at radius 3 is 2.68 bits per heavy atom. The highest BCUT2D eigenvalue weighted by Crippen LogP contribution is 2.30. The van der Waals surface area contributed by atoms with Gasteiger partial charge in [-0.2, -0.15) is 0 Å². The van der Waals surface area contributed by atoms with Crippen molar-refractivity contribution in [2.45, 2.75) is 19.9 Å². The van der Waals surface area contributed by atoms with Crippen LogP contribution >= 0.6 is 23.2 Å². The molecule has 0 amide bonds. The number of fused-ring (bicyclic) bond motifs is 3. The van der Waals surface area contributed by atoms with Gasteiger partial charge < -0.3 is 4.90 Å². The fraction of sp³-hybridized carbons (Fsp3) is 0.238. The molecule has 1 aliphatic heterocycles. The Morgan fingerprint density at radius 1 is 1.04 bits per heavy atom. The first-order valence-electron chi connectivity index (χ1n) is 8.31. The topological polar surface area (TPSA) is 8.17 Å². The summed E-state index contributed by atoms with van der Waals surface area (Å²) in [6, 6.07) is 15.4. The molecule has 0 fully saturated rings.